The quantitative estimate of drug-likeness (QED) is 0.456. The average molecular weight is 270 g/mol. The van der Waals surface area contributed by atoms with E-state index >= 15 is 0 Å². The normalized spacial score (nSPS) is 26.7. The van der Waals surface area contributed by atoms with Crippen LogP contribution in [0.25, 0.3) is 0 Å². The number of alkyl halides is 2. The van der Waals surface area contributed by atoms with Crippen molar-refractivity contribution in [1.29, 1.82) is 0 Å². The molecule has 1 saturated carbocycles. The molecule has 1 rings (SSSR count). The summed E-state index contributed by atoms with van der Waals surface area (Å²) in [6.07, 6.45) is 8.79. The van der Waals surface area contributed by atoms with Gasteiger partial charge in [0.05, 0.1) is 0 Å². The second kappa shape index (κ2) is 4.63. The van der Waals surface area contributed by atoms with Gasteiger partial charge >= 0.3 is 0 Å². The summed E-state index contributed by atoms with van der Waals surface area (Å²) in [7, 11) is 0. The summed E-state index contributed by atoms with van der Waals surface area (Å²) in [5, 5.41) is 0. The molecule has 0 saturated heterocycles. The van der Waals surface area contributed by atoms with E-state index in [1.165, 1.54) is 25.7 Å². The Hall–Kier alpha value is 0.660. The molecule has 0 heterocycles. The highest BCUT2D eigenvalue weighted by Crippen LogP contribution is 2.34. The van der Waals surface area contributed by atoms with Gasteiger partial charge in [0.15, 0.2) is 3.68 Å². The predicted molar refractivity (Wildman–Crippen MR) is 54.8 cm³/mol. The van der Waals surface area contributed by atoms with Crippen molar-refractivity contribution in [2.75, 3.05) is 0 Å². The maximum atomic E-state index is 13.5. The topological polar surface area (TPSA) is 0 Å². The highest BCUT2D eigenvalue weighted by molar-refractivity contribution is 14.1. The first-order valence-electron chi connectivity index (χ1n) is 4.59. The van der Waals surface area contributed by atoms with Crippen molar-refractivity contribution in [1.82, 2.24) is 0 Å². The molecule has 0 spiro atoms. The van der Waals surface area contributed by atoms with Crippen molar-refractivity contribution in [3.05, 3.63) is 0 Å². The first-order chi connectivity index (χ1) is 5.21. The van der Waals surface area contributed by atoms with Crippen LogP contribution in [0.5, 0.6) is 0 Å². The zero-order valence-corrected chi connectivity index (χ0v) is 9.07. The number of halogens is 2. The molecular weight excluding hydrogens is 254 g/mol. The molecule has 0 amide bonds. The van der Waals surface area contributed by atoms with E-state index in [1.54, 1.807) is 0 Å². The Morgan fingerprint density at radius 2 is 1.18 bits per heavy atom. The van der Waals surface area contributed by atoms with Crippen LogP contribution in [0.3, 0.4) is 0 Å². The second-order valence-electron chi connectivity index (χ2n) is 3.48. The Morgan fingerprint density at radius 3 is 1.64 bits per heavy atom. The maximum absolute atomic E-state index is 13.5. The monoisotopic (exact) mass is 270 g/mol. The van der Waals surface area contributed by atoms with E-state index in [0.717, 1.165) is 25.7 Å². The number of hydrogen-bond acceptors (Lipinski definition) is 0. The molecule has 1 aliphatic carbocycles. The summed E-state index contributed by atoms with van der Waals surface area (Å²) in [4.78, 5) is 0. The van der Waals surface area contributed by atoms with Crippen LogP contribution in [-0.2, 0) is 0 Å². The van der Waals surface area contributed by atoms with Gasteiger partial charge in [0.25, 0.3) is 0 Å². The molecule has 66 valence electrons. The van der Waals surface area contributed by atoms with Gasteiger partial charge in [-0.25, -0.2) is 4.39 Å². The summed E-state index contributed by atoms with van der Waals surface area (Å²) < 4.78 is 12.6. The van der Waals surface area contributed by atoms with Crippen molar-refractivity contribution in [3.63, 3.8) is 0 Å². The molecule has 0 radical (unpaired) electrons. The molecule has 1 aliphatic rings. The van der Waals surface area contributed by atoms with Crippen LogP contribution in [0.15, 0.2) is 0 Å². The molecule has 0 bridgehead atoms. The van der Waals surface area contributed by atoms with Crippen LogP contribution in [0.1, 0.15) is 51.4 Å². The molecule has 0 aromatic carbocycles. The molecule has 0 nitrogen and oxygen atoms in total. The van der Waals surface area contributed by atoms with Gasteiger partial charge in [-0.15, -0.1) is 0 Å². The third-order valence-electron chi connectivity index (χ3n) is 2.34. The van der Waals surface area contributed by atoms with E-state index < -0.39 is 3.68 Å². The zero-order valence-electron chi connectivity index (χ0n) is 6.91. The molecule has 2 heteroatoms. The lowest BCUT2D eigenvalue weighted by atomic mass is 10.1. The standard InChI is InChI=1S/C9H16FI/c10-9(11)7-5-3-1-2-4-6-8-9/h1-8H2. The van der Waals surface area contributed by atoms with E-state index in [0.29, 0.717) is 0 Å². The molecule has 0 aromatic heterocycles. The van der Waals surface area contributed by atoms with Crippen LogP contribution in [-0.4, -0.2) is 3.68 Å². The molecule has 0 unspecified atom stereocenters. The lowest BCUT2D eigenvalue weighted by molar-refractivity contribution is 0.266. The summed E-state index contributed by atoms with van der Waals surface area (Å²) in [6.45, 7) is 0. The summed E-state index contributed by atoms with van der Waals surface area (Å²) in [5.41, 5.74) is 0. The maximum Gasteiger partial charge on any atom is 0.161 e. The Labute approximate surface area is 82.1 Å². The third kappa shape index (κ3) is 4.28. The smallest absolute Gasteiger partial charge is 0.161 e. The first-order valence-corrected chi connectivity index (χ1v) is 5.66. The first kappa shape index (κ1) is 9.75. The van der Waals surface area contributed by atoms with Gasteiger partial charge in [0.1, 0.15) is 0 Å². The van der Waals surface area contributed by atoms with Gasteiger partial charge in [-0.2, -0.15) is 0 Å². The molecule has 0 N–H and O–H groups in total. The minimum absolute atomic E-state index is 0.771. The second-order valence-corrected chi connectivity index (χ2v) is 5.41. The highest BCUT2D eigenvalue weighted by atomic mass is 127. The molecule has 0 aromatic rings. The fraction of sp³-hybridized carbons (Fsp3) is 1.00. The van der Waals surface area contributed by atoms with Crippen molar-refractivity contribution >= 4 is 22.6 Å². The number of hydrogen-bond donors (Lipinski definition) is 0. The van der Waals surface area contributed by atoms with Crippen LogP contribution in [0.2, 0.25) is 0 Å². The summed E-state index contributed by atoms with van der Waals surface area (Å²) in [6, 6.07) is 0. The van der Waals surface area contributed by atoms with E-state index in [1.807, 2.05) is 22.6 Å². The minimum atomic E-state index is -0.887. The van der Waals surface area contributed by atoms with Gasteiger partial charge in [0, 0.05) is 0 Å². The van der Waals surface area contributed by atoms with Crippen molar-refractivity contribution in [3.8, 4) is 0 Å². The molecular formula is C9H16FI. The predicted octanol–water partition coefficient (Wildman–Crippen LogP) is 4.22. The van der Waals surface area contributed by atoms with Gasteiger partial charge in [-0.05, 0) is 48.3 Å². The summed E-state index contributed by atoms with van der Waals surface area (Å²) in [5.74, 6) is 0. The number of rotatable bonds is 0. The highest BCUT2D eigenvalue weighted by Gasteiger charge is 2.24. The van der Waals surface area contributed by atoms with Crippen LogP contribution in [0, 0.1) is 0 Å². The van der Waals surface area contributed by atoms with Crippen molar-refractivity contribution in [2.45, 2.75) is 55.0 Å². The van der Waals surface area contributed by atoms with E-state index in [4.69, 9.17) is 0 Å². The molecule has 11 heavy (non-hydrogen) atoms. The molecule has 0 aliphatic heterocycles. The van der Waals surface area contributed by atoms with E-state index in [9.17, 15) is 4.39 Å². The SMILES string of the molecule is FC1(I)CCCCCCCC1. The fourth-order valence-corrected chi connectivity index (χ4v) is 2.36. The van der Waals surface area contributed by atoms with Gasteiger partial charge in [-0.3, -0.25) is 0 Å². The van der Waals surface area contributed by atoms with Crippen molar-refractivity contribution in [2.24, 2.45) is 0 Å². The molecule has 0 atom stereocenters. The average Bonchev–Trinajstić information content (AvgIpc) is 2.00. The van der Waals surface area contributed by atoms with Gasteiger partial charge in [-0.1, -0.05) is 25.7 Å². The lowest BCUT2D eigenvalue weighted by Gasteiger charge is -2.16. The fourth-order valence-electron chi connectivity index (χ4n) is 1.60. The Balaban J connectivity index is 2.31. The zero-order chi connectivity index (χ0) is 8.16. The van der Waals surface area contributed by atoms with Crippen molar-refractivity contribution < 1.29 is 4.39 Å². The van der Waals surface area contributed by atoms with Crippen LogP contribution < -0.4 is 0 Å². The third-order valence-corrected chi connectivity index (χ3v) is 3.41. The Bertz CT molecular complexity index is 100. The van der Waals surface area contributed by atoms with Gasteiger partial charge < -0.3 is 0 Å². The van der Waals surface area contributed by atoms with E-state index in [-0.39, 0.29) is 0 Å². The lowest BCUT2D eigenvalue weighted by Crippen LogP contribution is -2.12. The Morgan fingerprint density at radius 1 is 0.818 bits per heavy atom. The van der Waals surface area contributed by atoms with Crippen LogP contribution in [0.4, 0.5) is 4.39 Å². The summed E-state index contributed by atoms with van der Waals surface area (Å²) >= 11 is 1.98. The van der Waals surface area contributed by atoms with E-state index in [2.05, 4.69) is 0 Å². The Kier molecular flexibility index (Phi) is 4.10. The van der Waals surface area contributed by atoms with Crippen LogP contribution >= 0.6 is 22.6 Å². The van der Waals surface area contributed by atoms with Gasteiger partial charge in [0.2, 0.25) is 0 Å². The largest absolute Gasteiger partial charge is 0.232 e. The minimum Gasteiger partial charge on any atom is -0.232 e. The molecule has 1 fully saturated rings.